The van der Waals surface area contributed by atoms with Crippen LogP contribution in [-0.2, 0) is 11.4 Å². The largest absolute Gasteiger partial charge is 0.490 e. The maximum Gasteiger partial charge on any atom is 0.254 e. The molecule has 1 atom stereocenters. The molecule has 35 heavy (non-hydrogen) atoms. The summed E-state index contributed by atoms with van der Waals surface area (Å²) >= 11 is 0. The van der Waals surface area contributed by atoms with Gasteiger partial charge < -0.3 is 19.7 Å². The number of anilines is 1. The fourth-order valence-corrected chi connectivity index (χ4v) is 4.07. The molecule has 1 unspecified atom stereocenters. The maximum atomic E-state index is 13.3. The van der Waals surface area contributed by atoms with Crippen LogP contribution in [0.1, 0.15) is 41.4 Å². The number of piperidine rings is 1. The third-order valence-corrected chi connectivity index (χ3v) is 5.83. The van der Waals surface area contributed by atoms with Gasteiger partial charge in [-0.3, -0.25) is 14.6 Å². The number of benzene rings is 1. The quantitative estimate of drug-likeness (QED) is 0.525. The third-order valence-electron chi connectivity index (χ3n) is 5.83. The Labute approximate surface area is 205 Å². The number of nitrogens with one attached hydrogen (secondary N) is 1. The Hall–Kier alpha value is -3.94. The summed E-state index contributed by atoms with van der Waals surface area (Å²) in [4.78, 5) is 36.3. The van der Waals surface area contributed by atoms with E-state index in [0.717, 1.165) is 24.1 Å². The average molecular weight is 475 g/mol. The van der Waals surface area contributed by atoms with Gasteiger partial charge >= 0.3 is 0 Å². The van der Waals surface area contributed by atoms with Gasteiger partial charge in [0.2, 0.25) is 5.91 Å². The number of amides is 2. The molecule has 0 spiro atoms. The van der Waals surface area contributed by atoms with Crippen molar-refractivity contribution in [1.82, 2.24) is 14.9 Å². The van der Waals surface area contributed by atoms with Crippen LogP contribution in [0.15, 0.2) is 60.9 Å². The molecule has 0 saturated carbocycles. The molecule has 1 aliphatic rings. The summed E-state index contributed by atoms with van der Waals surface area (Å²) < 4.78 is 11.7. The monoisotopic (exact) mass is 474 g/mol. The second kappa shape index (κ2) is 11.5. The van der Waals surface area contributed by atoms with Crippen molar-refractivity contribution in [2.24, 2.45) is 5.92 Å². The van der Waals surface area contributed by atoms with E-state index >= 15 is 0 Å². The van der Waals surface area contributed by atoms with Crippen molar-refractivity contribution in [3.8, 4) is 11.5 Å². The first-order chi connectivity index (χ1) is 17.0. The van der Waals surface area contributed by atoms with E-state index in [1.165, 1.54) is 0 Å². The number of carbonyl (C=O) groups excluding carboxylic acids is 2. The van der Waals surface area contributed by atoms with Gasteiger partial charge in [0.1, 0.15) is 12.4 Å². The summed E-state index contributed by atoms with van der Waals surface area (Å²) in [5.74, 6) is 1.07. The van der Waals surface area contributed by atoms with E-state index in [1.54, 1.807) is 41.6 Å². The van der Waals surface area contributed by atoms with Crippen molar-refractivity contribution in [1.29, 1.82) is 0 Å². The number of hydrogen-bond acceptors (Lipinski definition) is 6. The molecule has 1 N–H and O–H groups in total. The molecule has 1 aromatic carbocycles. The molecule has 1 saturated heterocycles. The Kier molecular flexibility index (Phi) is 7.92. The van der Waals surface area contributed by atoms with Crippen LogP contribution < -0.4 is 14.8 Å². The van der Waals surface area contributed by atoms with E-state index in [0.29, 0.717) is 49.2 Å². The number of aromatic nitrogens is 2. The molecule has 1 fully saturated rings. The minimum absolute atomic E-state index is 0.116. The fourth-order valence-electron chi connectivity index (χ4n) is 4.07. The van der Waals surface area contributed by atoms with E-state index in [-0.39, 0.29) is 17.7 Å². The lowest BCUT2D eigenvalue weighted by Crippen LogP contribution is -2.43. The minimum atomic E-state index is -0.288. The lowest BCUT2D eigenvalue weighted by molar-refractivity contribution is -0.121. The highest BCUT2D eigenvalue weighted by atomic mass is 16.5. The molecule has 3 heterocycles. The second-order valence-electron chi connectivity index (χ2n) is 8.49. The molecule has 4 rings (SSSR count). The molecular weight excluding hydrogens is 444 g/mol. The Morgan fingerprint density at radius 1 is 1.11 bits per heavy atom. The van der Waals surface area contributed by atoms with E-state index < -0.39 is 0 Å². The highest BCUT2D eigenvalue weighted by molar-refractivity contribution is 5.96. The number of hydrogen-bond donors (Lipinski definition) is 1. The molecule has 0 radical (unpaired) electrons. The number of aryl methyl sites for hydroxylation is 1. The Balaban J connectivity index is 1.42. The van der Waals surface area contributed by atoms with E-state index in [4.69, 9.17) is 9.47 Å². The highest BCUT2D eigenvalue weighted by Crippen LogP contribution is 2.30. The predicted octanol–water partition coefficient (Wildman–Crippen LogP) is 4.25. The zero-order valence-corrected chi connectivity index (χ0v) is 20.1. The van der Waals surface area contributed by atoms with Gasteiger partial charge in [0.15, 0.2) is 11.5 Å². The van der Waals surface area contributed by atoms with Crippen LogP contribution >= 0.6 is 0 Å². The van der Waals surface area contributed by atoms with Gasteiger partial charge in [-0.1, -0.05) is 12.1 Å². The summed E-state index contributed by atoms with van der Waals surface area (Å²) in [7, 11) is 0. The molecule has 8 nitrogen and oxygen atoms in total. The minimum Gasteiger partial charge on any atom is -0.490 e. The van der Waals surface area contributed by atoms with Crippen LogP contribution in [0.5, 0.6) is 11.5 Å². The van der Waals surface area contributed by atoms with E-state index in [2.05, 4.69) is 15.3 Å². The zero-order chi connectivity index (χ0) is 24.6. The van der Waals surface area contributed by atoms with Crippen molar-refractivity contribution in [2.45, 2.75) is 33.3 Å². The van der Waals surface area contributed by atoms with Gasteiger partial charge in [-0.2, -0.15) is 0 Å². The Morgan fingerprint density at radius 2 is 2.00 bits per heavy atom. The lowest BCUT2D eigenvalue weighted by atomic mass is 9.96. The van der Waals surface area contributed by atoms with Gasteiger partial charge in [0.25, 0.3) is 5.91 Å². The molecule has 2 aromatic heterocycles. The van der Waals surface area contributed by atoms with Crippen molar-refractivity contribution in [3.63, 3.8) is 0 Å². The predicted molar refractivity (Wildman–Crippen MR) is 132 cm³/mol. The van der Waals surface area contributed by atoms with Crippen LogP contribution in [0.25, 0.3) is 0 Å². The fraction of sp³-hybridized carbons (Fsp3) is 0.333. The first-order valence-corrected chi connectivity index (χ1v) is 11.9. The van der Waals surface area contributed by atoms with Crippen LogP contribution in [0, 0.1) is 12.8 Å². The average Bonchev–Trinajstić information content (AvgIpc) is 2.88. The van der Waals surface area contributed by atoms with Gasteiger partial charge in [0.05, 0.1) is 12.5 Å². The topological polar surface area (TPSA) is 93.7 Å². The Morgan fingerprint density at radius 3 is 2.77 bits per heavy atom. The zero-order valence-electron chi connectivity index (χ0n) is 20.1. The van der Waals surface area contributed by atoms with Gasteiger partial charge in [-0.15, -0.1) is 0 Å². The van der Waals surface area contributed by atoms with E-state index in [1.807, 2.05) is 38.1 Å². The molecule has 182 valence electrons. The number of pyridine rings is 2. The highest BCUT2D eigenvalue weighted by Gasteiger charge is 2.29. The van der Waals surface area contributed by atoms with Crippen molar-refractivity contribution >= 4 is 17.6 Å². The molecule has 3 aromatic rings. The van der Waals surface area contributed by atoms with Gasteiger partial charge in [-0.25, -0.2) is 4.98 Å². The standard InChI is InChI=1S/C27H30N4O4/c1-3-34-24-15-21(11-12-23(24)35-18-20-8-5-13-28-16-20)27(33)31-14-6-9-22(17-31)26(32)30-25-10-4-7-19(2)29-25/h4-5,7-8,10-13,15-16,22H,3,6,9,14,17-18H2,1-2H3,(H,29,30,32). The number of likely N-dealkylation sites (tertiary alicyclic amines) is 1. The third kappa shape index (κ3) is 6.35. The van der Waals surface area contributed by atoms with Crippen LogP contribution in [0.2, 0.25) is 0 Å². The molecule has 8 heteroatoms. The summed E-state index contributed by atoms with van der Waals surface area (Å²) in [6, 6.07) is 14.5. The van der Waals surface area contributed by atoms with Crippen LogP contribution in [0.3, 0.4) is 0 Å². The van der Waals surface area contributed by atoms with Crippen LogP contribution in [0.4, 0.5) is 5.82 Å². The summed E-state index contributed by atoms with van der Waals surface area (Å²) in [6.45, 7) is 5.52. The summed E-state index contributed by atoms with van der Waals surface area (Å²) in [6.07, 6.45) is 4.95. The maximum absolute atomic E-state index is 13.3. The SMILES string of the molecule is CCOc1cc(C(=O)N2CCCC(C(=O)Nc3cccc(C)n3)C2)ccc1OCc1cccnc1. The smallest absolute Gasteiger partial charge is 0.254 e. The molecule has 2 amide bonds. The number of carbonyl (C=O) groups is 2. The van der Waals surface area contributed by atoms with E-state index in [9.17, 15) is 9.59 Å². The van der Waals surface area contributed by atoms with Gasteiger partial charge in [0, 0.05) is 42.3 Å². The normalized spacial score (nSPS) is 15.4. The lowest BCUT2D eigenvalue weighted by Gasteiger charge is -2.32. The summed E-state index contributed by atoms with van der Waals surface area (Å²) in [5.41, 5.74) is 2.28. The number of rotatable bonds is 8. The molecule has 0 bridgehead atoms. The first-order valence-electron chi connectivity index (χ1n) is 11.9. The molecular formula is C27H30N4O4. The Bertz CT molecular complexity index is 1170. The molecule has 0 aliphatic carbocycles. The van der Waals surface area contributed by atoms with Crippen molar-refractivity contribution in [2.75, 3.05) is 25.0 Å². The summed E-state index contributed by atoms with van der Waals surface area (Å²) in [5, 5.41) is 2.88. The van der Waals surface area contributed by atoms with Crippen molar-refractivity contribution < 1.29 is 19.1 Å². The number of nitrogens with zero attached hydrogens (tertiary/aromatic N) is 3. The van der Waals surface area contributed by atoms with Crippen molar-refractivity contribution in [3.05, 3.63) is 77.7 Å². The van der Waals surface area contributed by atoms with Gasteiger partial charge in [-0.05, 0) is 63.1 Å². The number of ether oxygens (including phenoxy) is 2. The molecule has 1 aliphatic heterocycles. The first kappa shape index (κ1) is 24.2. The van der Waals surface area contributed by atoms with Crippen LogP contribution in [-0.4, -0.2) is 46.4 Å². The second-order valence-corrected chi connectivity index (χ2v) is 8.49.